The first-order valence-electron chi connectivity index (χ1n) is 10.5. The second-order valence-electron chi connectivity index (χ2n) is 7.91. The van der Waals surface area contributed by atoms with Crippen LogP contribution in [0.4, 0.5) is 0 Å². The van der Waals surface area contributed by atoms with Crippen LogP contribution in [0.1, 0.15) is 35.4 Å². The van der Waals surface area contributed by atoms with E-state index in [-0.39, 0.29) is 5.60 Å². The first-order chi connectivity index (χ1) is 14.3. The van der Waals surface area contributed by atoms with Crippen LogP contribution in [0.5, 0.6) is 5.75 Å². The fourth-order valence-corrected chi connectivity index (χ4v) is 4.54. The van der Waals surface area contributed by atoms with Crippen LogP contribution in [0.25, 0.3) is 0 Å². The lowest BCUT2D eigenvalue weighted by Crippen LogP contribution is -2.44. The van der Waals surface area contributed by atoms with Crippen molar-refractivity contribution in [1.29, 1.82) is 0 Å². The summed E-state index contributed by atoms with van der Waals surface area (Å²) in [7, 11) is 0. The maximum atomic E-state index is 6.27. The molecule has 0 unspecified atom stereocenters. The second-order valence-corrected chi connectivity index (χ2v) is 7.91. The summed E-state index contributed by atoms with van der Waals surface area (Å²) in [6, 6.07) is 16.9. The average molecular weight is 389 g/mol. The fraction of sp³-hybridized carbons (Fsp3) is 0.375. The molecule has 1 fully saturated rings. The van der Waals surface area contributed by atoms with Crippen LogP contribution in [0.3, 0.4) is 0 Å². The molecular weight excluding hydrogens is 362 g/mol. The van der Waals surface area contributed by atoms with Gasteiger partial charge in [0.15, 0.2) is 0 Å². The predicted molar refractivity (Wildman–Crippen MR) is 112 cm³/mol. The van der Waals surface area contributed by atoms with E-state index in [1.54, 1.807) is 0 Å². The number of ether oxygens (including phenoxy) is 2. The Labute approximate surface area is 171 Å². The van der Waals surface area contributed by atoms with Crippen molar-refractivity contribution < 1.29 is 9.47 Å². The molecule has 29 heavy (non-hydrogen) atoms. The zero-order valence-corrected chi connectivity index (χ0v) is 16.6. The highest BCUT2D eigenvalue weighted by atomic mass is 16.5. The molecular formula is C24H27N3O2. The Morgan fingerprint density at radius 2 is 1.97 bits per heavy atom. The van der Waals surface area contributed by atoms with E-state index < -0.39 is 0 Å². The topological polar surface area (TPSA) is 48.3 Å². The summed E-state index contributed by atoms with van der Waals surface area (Å²) in [5.41, 5.74) is 3.86. The van der Waals surface area contributed by atoms with Crippen molar-refractivity contribution in [2.75, 3.05) is 19.7 Å². The summed E-state index contributed by atoms with van der Waals surface area (Å²) < 4.78 is 14.5. The predicted octanol–water partition coefficient (Wildman–Crippen LogP) is 3.66. The molecule has 150 valence electrons. The normalized spacial score (nSPS) is 17.8. The second kappa shape index (κ2) is 8.01. The van der Waals surface area contributed by atoms with Crippen LogP contribution in [0.15, 0.2) is 60.9 Å². The molecule has 5 heteroatoms. The molecule has 0 bridgehead atoms. The number of imidazole rings is 1. The zero-order valence-electron chi connectivity index (χ0n) is 16.6. The highest BCUT2D eigenvalue weighted by Gasteiger charge is 2.38. The van der Waals surface area contributed by atoms with Gasteiger partial charge < -0.3 is 19.4 Å². The van der Waals surface area contributed by atoms with E-state index in [0.717, 1.165) is 57.1 Å². The van der Waals surface area contributed by atoms with E-state index in [2.05, 4.69) is 57.3 Å². The maximum Gasteiger partial charge on any atom is 0.147 e. The van der Waals surface area contributed by atoms with Crippen molar-refractivity contribution in [3.63, 3.8) is 0 Å². The van der Waals surface area contributed by atoms with Gasteiger partial charge in [-0.2, -0.15) is 0 Å². The molecule has 3 heterocycles. The van der Waals surface area contributed by atoms with Crippen LogP contribution in [-0.4, -0.2) is 29.2 Å². The lowest BCUT2D eigenvalue weighted by Gasteiger charge is -2.42. The standard InChI is InChI=1S/C24H27N3O2/c1-2-4-19(5-3-1)17-27-14-13-26-23(27)18-28-21-6-7-22-20(16-21)8-15-29-24(22)9-11-25-12-10-24/h1-7,13-14,16,25H,8-12,15,17-18H2. The molecule has 0 amide bonds. The quantitative estimate of drug-likeness (QED) is 0.723. The Hall–Kier alpha value is -2.63. The first-order valence-corrected chi connectivity index (χ1v) is 10.5. The lowest BCUT2D eigenvalue weighted by atomic mass is 9.80. The highest BCUT2D eigenvalue weighted by molar-refractivity contribution is 5.41. The Kier molecular flexibility index (Phi) is 5.08. The van der Waals surface area contributed by atoms with Crippen molar-refractivity contribution in [3.8, 4) is 5.75 Å². The number of fused-ring (bicyclic) bond motifs is 2. The van der Waals surface area contributed by atoms with E-state index in [1.807, 2.05) is 18.5 Å². The highest BCUT2D eigenvalue weighted by Crippen LogP contribution is 2.41. The molecule has 0 aliphatic carbocycles. The minimum atomic E-state index is -0.108. The van der Waals surface area contributed by atoms with Crippen molar-refractivity contribution in [1.82, 2.24) is 14.9 Å². The largest absolute Gasteiger partial charge is 0.486 e. The van der Waals surface area contributed by atoms with E-state index in [0.29, 0.717) is 6.61 Å². The molecule has 0 radical (unpaired) electrons. The number of aromatic nitrogens is 2. The monoisotopic (exact) mass is 389 g/mol. The Bertz CT molecular complexity index is 961. The number of rotatable bonds is 5. The van der Waals surface area contributed by atoms with Crippen LogP contribution in [0, 0.1) is 0 Å². The smallest absolute Gasteiger partial charge is 0.147 e. The molecule has 5 rings (SSSR count). The van der Waals surface area contributed by atoms with Crippen LogP contribution in [-0.2, 0) is 29.9 Å². The molecule has 1 N–H and O–H groups in total. The van der Waals surface area contributed by atoms with Gasteiger partial charge in [0.05, 0.1) is 12.2 Å². The Morgan fingerprint density at radius 1 is 1.10 bits per heavy atom. The van der Waals surface area contributed by atoms with Gasteiger partial charge >= 0.3 is 0 Å². The summed E-state index contributed by atoms with van der Waals surface area (Å²) >= 11 is 0. The minimum Gasteiger partial charge on any atom is -0.486 e. The van der Waals surface area contributed by atoms with Gasteiger partial charge in [0.25, 0.3) is 0 Å². The Morgan fingerprint density at radius 3 is 2.83 bits per heavy atom. The first kappa shape index (κ1) is 18.4. The van der Waals surface area contributed by atoms with E-state index in [4.69, 9.17) is 9.47 Å². The van der Waals surface area contributed by atoms with Gasteiger partial charge in [-0.05, 0) is 61.2 Å². The van der Waals surface area contributed by atoms with E-state index >= 15 is 0 Å². The Balaban J connectivity index is 1.30. The van der Waals surface area contributed by atoms with Crippen molar-refractivity contribution in [3.05, 3.63) is 83.4 Å². The van der Waals surface area contributed by atoms with Gasteiger partial charge in [-0.25, -0.2) is 4.98 Å². The number of nitrogens with one attached hydrogen (secondary N) is 1. The minimum absolute atomic E-state index is 0.108. The molecule has 1 saturated heterocycles. The molecule has 5 nitrogen and oxygen atoms in total. The SMILES string of the molecule is c1ccc(Cn2ccnc2COc2ccc3c(c2)CCOC32CCNCC2)cc1. The van der Waals surface area contributed by atoms with Crippen molar-refractivity contribution >= 4 is 0 Å². The molecule has 0 saturated carbocycles. The number of hydrogen-bond acceptors (Lipinski definition) is 4. The average Bonchev–Trinajstić information content (AvgIpc) is 3.21. The van der Waals surface area contributed by atoms with E-state index in [1.165, 1.54) is 16.7 Å². The van der Waals surface area contributed by atoms with Gasteiger partial charge in [-0.15, -0.1) is 0 Å². The number of nitrogens with zero attached hydrogens (tertiary/aromatic N) is 2. The molecule has 2 aliphatic rings. The third-order valence-electron chi connectivity index (χ3n) is 6.09. The van der Waals surface area contributed by atoms with Crippen molar-refractivity contribution in [2.24, 2.45) is 0 Å². The van der Waals surface area contributed by atoms with Crippen molar-refractivity contribution in [2.45, 2.75) is 38.0 Å². The zero-order chi connectivity index (χ0) is 19.5. The molecule has 2 aliphatic heterocycles. The van der Waals surface area contributed by atoms with Gasteiger partial charge in [0, 0.05) is 18.9 Å². The molecule has 1 spiro atoms. The summed E-state index contributed by atoms with van der Waals surface area (Å²) in [5, 5.41) is 3.44. The molecule has 2 aromatic carbocycles. The fourth-order valence-electron chi connectivity index (χ4n) is 4.54. The summed E-state index contributed by atoms with van der Waals surface area (Å²) in [6.07, 6.45) is 6.88. The molecule has 3 aromatic rings. The third-order valence-corrected chi connectivity index (χ3v) is 6.09. The maximum absolute atomic E-state index is 6.27. The third kappa shape index (κ3) is 3.80. The number of hydrogen-bond donors (Lipinski definition) is 1. The van der Waals surface area contributed by atoms with Crippen LogP contribution in [0.2, 0.25) is 0 Å². The van der Waals surface area contributed by atoms with Gasteiger partial charge in [0.1, 0.15) is 18.2 Å². The lowest BCUT2D eigenvalue weighted by molar-refractivity contribution is -0.0802. The van der Waals surface area contributed by atoms with Crippen LogP contribution >= 0.6 is 0 Å². The number of piperidine rings is 1. The molecule has 1 aromatic heterocycles. The molecule has 0 atom stereocenters. The van der Waals surface area contributed by atoms with E-state index in [9.17, 15) is 0 Å². The number of benzene rings is 2. The van der Waals surface area contributed by atoms with Gasteiger partial charge in [-0.1, -0.05) is 36.4 Å². The van der Waals surface area contributed by atoms with Crippen LogP contribution < -0.4 is 10.1 Å². The van der Waals surface area contributed by atoms with Gasteiger partial charge in [0.2, 0.25) is 0 Å². The summed E-state index contributed by atoms with van der Waals surface area (Å²) in [4.78, 5) is 4.49. The van der Waals surface area contributed by atoms with Gasteiger partial charge in [-0.3, -0.25) is 0 Å². The summed E-state index contributed by atoms with van der Waals surface area (Å²) in [6.45, 7) is 4.09. The summed E-state index contributed by atoms with van der Waals surface area (Å²) in [5.74, 6) is 1.84.